The molecule has 160 valence electrons. The van der Waals surface area contributed by atoms with Gasteiger partial charge < -0.3 is 19.2 Å². The van der Waals surface area contributed by atoms with E-state index in [0.717, 1.165) is 0 Å². The van der Waals surface area contributed by atoms with E-state index in [9.17, 15) is 26.7 Å². The van der Waals surface area contributed by atoms with Gasteiger partial charge in [0.2, 0.25) is 5.82 Å². The van der Waals surface area contributed by atoms with Crippen molar-refractivity contribution in [3.63, 3.8) is 0 Å². The molecule has 0 fully saturated rings. The highest BCUT2D eigenvalue weighted by molar-refractivity contribution is 5.98. The van der Waals surface area contributed by atoms with Crippen molar-refractivity contribution >= 4 is 16.4 Å². The first-order valence-corrected chi connectivity index (χ1v) is 9.47. The first kappa shape index (κ1) is 24.5. The van der Waals surface area contributed by atoms with E-state index < -0.39 is 46.5 Å². The van der Waals surface area contributed by atoms with Gasteiger partial charge >= 0.3 is 0 Å². The highest BCUT2D eigenvalue weighted by atomic mass is 28.2. The van der Waals surface area contributed by atoms with E-state index in [1.807, 2.05) is 0 Å². The molecule has 5 nitrogen and oxygen atoms in total. The molecule has 0 saturated carbocycles. The van der Waals surface area contributed by atoms with Gasteiger partial charge in [-0.1, -0.05) is 0 Å². The molecule has 0 atom stereocenters. The molecule has 0 saturated heterocycles. The minimum atomic E-state index is -2.32. The summed E-state index contributed by atoms with van der Waals surface area (Å²) in [5.74, 6) is -13.8. The third kappa shape index (κ3) is 5.97. The topological polar surface area (TPSA) is 56.8 Å². The second kappa shape index (κ2) is 10.3. The van der Waals surface area contributed by atoms with Crippen molar-refractivity contribution in [1.82, 2.24) is 5.32 Å². The standard InChI is InChI=1S/C17H24F5NO4Si/c1-8(2)25-17(27-28,26-9(3)4)6-5-7-23-16(24)10-11(18)13(20)15(22)14(21)12(10)19/h8-9H,5-7H2,1-4,28H3,(H,23,24). The number of benzene rings is 1. The summed E-state index contributed by atoms with van der Waals surface area (Å²) >= 11 is 0. The van der Waals surface area contributed by atoms with E-state index in [-0.39, 0.29) is 31.6 Å². The lowest BCUT2D eigenvalue weighted by Gasteiger charge is -2.35. The molecular weight excluding hydrogens is 405 g/mol. The van der Waals surface area contributed by atoms with Crippen molar-refractivity contribution in [3.8, 4) is 0 Å². The van der Waals surface area contributed by atoms with Crippen LogP contribution in [0.25, 0.3) is 0 Å². The molecular formula is C17H24F5NO4Si. The molecule has 0 radical (unpaired) electrons. The first-order chi connectivity index (χ1) is 13.0. The third-order valence-electron chi connectivity index (χ3n) is 3.52. The Bertz CT molecular complexity index is 664. The predicted octanol–water partition coefficient (Wildman–Crippen LogP) is 2.69. The lowest BCUT2D eigenvalue weighted by atomic mass is 10.1. The van der Waals surface area contributed by atoms with Crippen LogP contribution in [0, 0.1) is 29.1 Å². The molecule has 1 amide bonds. The van der Waals surface area contributed by atoms with Crippen LogP contribution in [0.4, 0.5) is 22.0 Å². The van der Waals surface area contributed by atoms with Crippen LogP contribution in [0.2, 0.25) is 0 Å². The van der Waals surface area contributed by atoms with Gasteiger partial charge in [-0.2, -0.15) is 0 Å². The molecule has 1 aromatic rings. The molecule has 1 aromatic carbocycles. The van der Waals surface area contributed by atoms with Crippen LogP contribution in [0.3, 0.4) is 0 Å². The first-order valence-electron chi connectivity index (χ1n) is 8.66. The summed E-state index contributed by atoms with van der Waals surface area (Å²) in [7, 11) is 0.291. The zero-order valence-electron chi connectivity index (χ0n) is 16.3. The Morgan fingerprint density at radius 3 is 1.75 bits per heavy atom. The van der Waals surface area contributed by atoms with Gasteiger partial charge in [-0.05, 0) is 34.1 Å². The summed E-state index contributed by atoms with van der Waals surface area (Å²) in [6, 6.07) is 0. The summed E-state index contributed by atoms with van der Waals surface area (Å²) in [5.41, 5.74) is -1.53. The van der Waals surface area contributed by atoms with Crippen LogP contribution in [-0.2, 0) is 13.9 Å². The number of carbonyl (C=O) groups excluding carboxylic acids is 1. The maximum Gasteiger partial charge on any atom is 0.273 e. The number of ether oxygens (including phenoxy) is 2. The number of carbonyl (C=O) groups is 1. The third-order valence-corrected chi connectivity index (χ3v) is 4.15. The van der Waals surface area contributed by atoms with Gasteiger partial charge in [0, 0.05) is 13.0 Å². The summed E-state index contributed by atoms with van der Waals surface area (Å²) in [6.45, 7) is 7.00. The van der Waals surface area contributed by atoms with Gasteiger partial charge in [-0.25, -0.2) is 22.0 Å². The summed E-state index contributed by atoms with van der Waals surface area (Å²) in [5, 5.41) is 2.13. The van der Waals surface area contributed by atoms with Gasteiger partial charge in [0.15, 0.2) is 33.8 Å². The van der Waals surface area contributed by atoms with Crippen molar-refractivity contribution in [2.24, 2.45) is 0 Å². The van der Waals surface area contributed by atoms with Crippen molar-refractivity contribution in [3.05, 3.63) is 34.6 Å². The predicted molar refractivity (Wildman–Crippen MR) is 94.0 cm³/mol. The fourth-order valence-electron chi connectivity index (χ4n) is 2.46. The molecule has 0 spiro atoms. The fraction of sp³-hybridized carbons (Fsp3) is 0.588. The second-order valence-corrected chi connectivity index (χ2v) is 6.93. The number of hydrogen-bond donors (Lipinski definition) is 1. The Morgan fingerprint density at radius 2 is 1.36 bits per heavy atom. The second-order valence-electron chi connectivity index (χ2n) is 6.52. The van der Waals surface area contributed by atoms with Crippen LogP contribution in [-0.4, -0.2) is 41.1 Å². The van der Waals surface area contributed by atoms with E-state index in [2.05, 4.69) is 5.32 Å². The molecule has 0 aliphatic heterocycles. The molecule has 0 unspecified atom stereocenters. The zero-order chi connectivity index (χ0) is 21.6. The highest BCUT2D eigenvalue weighted by Gasteiger charge is 2.34. The fourth-order valence-corrected chi connectivity index (χ4v) is 2.86. The van der Waals surface area contributed by atoms with Crippen molar-refractivity contribution in [2.45, 2.75) is 58.7 Å². The largest absolute Gasteiger partial charge is 0.380 e. The molecule has 11 heteroatoms. The van der Waals surface area contributed by atoms with Crippen LogP contribution < -0.4 is 5.32 Å². The monoisotopic (exact) mass is 429 g/mol. The number of hydrogen-bond acceptors (Lipinski definition) is 4. The van der Waals surface area contributed by atoms with Crippen molar-refractivity contribution < 1.29 is 40.6 Å². The Morgan fingerprint density at radius 1 is 0.929 bits per heavy atom. The van der Waals surface area contributed by atoms with Crippen LogP contribution in [0.5, 0.6) is 0 Å². The van der Waals surface area contributed by atoms with E-state index >= 15 is 0 Å². The number of halogens is 5. The number of nitrogens with one attached hydrogen (secondary N) is 1. The highest BCUT2D eigenvalue weighted by Crippen LogP contribution is 2.25. The maximum absolute atomic E-state index is 13.7. The molecule has 0 aromatic heterocycles. The van der Waals surface area contributed by atoms with Gasteiger partial charge in [0.1, 0.15) is 5.56 Å². The van der Waals surface area contributed by atoms with E-state index in [4.69, 9.17) is 13.9 Å². The molecule has 0 aliphatic carbocycles. The lowest BCUT2D eigenvalue weighted by molar-refractivity contribution is -0.369. The van der Waals surface area contributed by atoms with Gasteiger partial charge in [-0.15, -0.1) is 0 Å². The molecule has 0 bridgehead atoms. The Balaban J connectivity index is 2.81. The van der Waals surface area contributed by atoms with Gasteiger partial charge in [0.05, 0.1) is 12.2 Å². The van der Waals surface area contributed by atoms with Gasteiger partial charge in [0.25, 0.3) is 11.9 Å². The Labute approximate surface area is 163 Å². The maximum atomic E-state index is 13.7. The van der Waals surface area contributed by atoms with E-state index in [1.54, 1.807) is 27.7 Å². The number of amides is 1. The number of rotatable bonds is 10. The average molecular weight is 429 g/mol. The summed E-state index contributed by atoms with van der Waals surface area (Å²) < 4.78 is 83.6. The Hall–Kier alpha value is -1.56. The minimum Gasteiger partial charge on any atom is -0.380 e. The Kier molecular flexibility index (Phi) is 8.99. The SMILES string of the molecule is CC(C)OC(CCCNC(=O)c1c(F)c(F)c(F)c(F)c1F)(O[SiH3])OC(C)C. The van der Waals surface area contributed by atoms with Crippen LogP contribution in [0.15, 0.2) is 0 Å². The quantitative estimate of drug-likeness (QED) is 0.155. The lowest BCUT2D eigenvalue weighted by Crippen LogP contribution is -2.43. The molecule has 1 N–H and O–H groups in total. The van der Waals surface area contributed by atoms with Crippen LogP contribution >= 0.6 is 0 Å². The van der Waals surface area contributed by atoms with E-state index in [0.29, 0.717) is 10.5 Å². The molecule has 0 heterocycles. The molecule has 1 rings (SSSR count). The summed E-state index contributed by atoms with van der Waals surface area (Å²) in [6.07, 6.45) is -0.0844. The normalized spacial score (nSPS) is 12.2. The average Bonchev–Trinajstić information content (AvgIpc) is 2.61. The van der Waals surface area contributed by atoms with Crippen LogP contribution in [0.1, 0.15) is 50.9 Å². The zero-order valence-corrected chi connectivity index (χ0v) is 18.3. The summed E-state index contributed by atoms with van der Waals surface area (Å²) in [4.78, 5) is 11.9. The molecule has 0 aliphatic rings. The smallest absolute Gasteiger partial charge is 0.273 e. The van der Waals surface area contributed by atoms with E-state index in [1.165, 1.54) is 0 Å². The molecule has 28 heavy (non-hydrogen) atoms. The minimum absolute atomic E-state index is 0.131. The van der Waals surface area contributed by atoms with Crippen molar-refractivity contribution in [2.75, 3.05) is 6.54 Å². The van der Waals surface area contributed by atoms with Gasteiger partial charge in [-0.3, -0.25) is 4.79 Å². The van der Waals surface area contributed by atoms with Crippen molar-refractivity contribution in [1.29, 1.82) is 0 Å².